The van der Waals surface area contributed by atoms with Crippen molar-refractivity contribution in [2.75, 3.05) is 19.8 Å². The molecule has 1 aromatic rings. The smallest absolute Gasteiger partial charge is 0.258 e. The Balaban J connectivity index is 2.47. The number of hydrogen-bond donors (Lipinski definition) is 2. The van der Waals surface area contributed by atoms with Crippen molar-refractivity contribution < 1.29 is 14.6 Å². The summed E-state index contributed by atoms with van der Waals surface area (Å²) in [5.41, 5.74) is 2.09. The van der Waals surface area contributed by atoms with E-state index in [2.05, 4.69) is 5.32 Å². The molecule has 0 aromatic heterocycles. The van der Waals surface area contributed by atoms with Gasteiger partial charge >= 0.3 is 0 Å². The predicted molar refractivity (Wildman–Crippen MR) is 61.5 cm³/mol. The van der Waals surface area contributed by atoms with Crippen LogP contribution in [0.1, 0.15) is 11.1 Å². The standard InChI is InChI=1S/C12H17NO3/c1-9-3-4-10(2)11(7-9)16-8-12(15)13-5-6-14/h3-4,7,14H,5-6,8H2,1-2H3,(H,13,15). The Labute approximate surface area is 95.2 Å². The Bertz CT molecular complexity index is 363. The lowest BCUT2D eigenvalue weighted by molar-refractivity contribution is -0.123. The number of nitrogens with one attached hydrogen (secondary N) is 1. The molecular formula is C12H17NO3. The third kappa shape index (κ3) is 3.90. The Hall–Kier alpha value is -1.55. The summed E-state index contributed by atoms with van der Waals surface area (Å²) in [6, 6.07) is 5.85. The van der Waals surface area contributed by atoms with E-state index in [1.54, 1.807) is 0 Å². The first-order chi connectivity index (χ1) is 7.63. The molecule has 0 fully saturated rings. The number of aryl methyl sites for hydroxylation is 2. The van der Waals surface area contributed by atoms with Crippen molar-refractivity contribution in [2.45, 2.75) is 13.8 Å². The number of benzene rings is 1. The quantitative estimate of drug-likeness (QED) is 0.776. The molecule has 16 heavy (non-hydrogen) atoms. The van der Waals surface area contributed by atoms with Gasteiger partial charge in [0.05, 0.1) is 6.61 Å². The monoisotopic (exact) mass is 223 g/mol. The van der Waals surface area contributed by atoms with Crippen molar-refractivity contribution in [1.82, 2.24) is 5.32 Å². The van der Waals surface area contributed by atoms with Gasteiger partial charge in [-0.3, -0.25) is 4.79 Å². The summed E-state index contributed by atoms with van der Waals surface area (Å²) in [6.07, 6.45) is 0. The van der Waals surface area contributed by atoms with E-state index in [9.17, 15) is 4.79 Å². The molecule has 4 heteroatoms. The number of aliphatic hydroxyl groups excluding tert-OH is 1. The number of aliphatic hydroxyl groups is 1. The lowest BCUT2D eigenvalue weighted by atomic mass is 10.1. The van der Waals surface area contributed by atoms with Gasteiger partial charge in [-0.15, -0.1) is 0 Å². The molecule has 0 saturated carbocycles. The SMILES string of the molecule is Cc1ccc(C)c(OCC(=O)NCCO)c1. The summed E-state index contributed by atoms with van der Waals surface area (Å²) in [7, 11) is 0. The maximum Gasteiger partial charge on any atom is 0.258 e. The van der Waals surface area contributed by atoms with Crippen molar-refractivity contribution >= 4 is 5.91 Å². The van der Waals surface area contributed by atoms with Gasteiger partial charge in [-0.1, -0.05) is 12.1 Å². The van der Waals surface area contributed by atoms with Crippen molar-refractivity contribution in [3.63, 3.8) is 0 Å². The zero-order chi connectivity index (χ0) is 12.0. The minimum Gasteiger partial charge on any atom is -0.483 e. The van der Waals surface area contributed by atoms with Gasteiger partial charge in [-0.2, -0.15) is 0 Å². The van der Waals surface area contributed by atoms with Gasteiger partial charge in [0.15, 0.2) is 6.61 Å². The second kappa shape index (κ2) is 6.12. The summed E-state index contributed by atoms with van der Waals surface area (Å²) in [4.78, 5) is 11.2. The number of hydrogen-bond acceptors (Lipinski definition) is 3. The summed E-state index contributed by atoms with van der Waals surface area (Å²) >= 11 is 0. The molecule has 0 spiro atoms. The van der Waals surface area contributed by atoms with E-state index in [4.69, 9.17) is 9.84 Å². The fraction of sp³-hybridized carbons (Fsp3) is 0.417. The van der Waals surface area contributed by atoms with Gasteiger partial charge in [-0.25, -0.2) is 0 Å². The van der Waals surface area contributed by atoms with Crippen LogP contribution in [-0.2, 0) is 4.79 Å². The topological polar surface area (TPSA) is 58.6 Å². The Kier molecular flexibility index (Phi) is 4.79. The van der Waals surface area contributed by atoms with Gasteiger partial charge < -0.3 is 15.2 Å². The average molecular weight is 223 g/mol. The number of carbonyl (C=O) groups excluding carboxylic acids is 1. The molecule has 1 aromatic carbocycles. The minimum absolute atomic E-state index is 0.0235. The van der Waals surface area contributed by atoms with E-state index in [0.29, 0.717) is 0 Å². The molecule has 0 aliphatic heterocycles. The van der Waals surface area contributed by atoms with Gasteiger partial charge in [0.25, 0.3) is 5.91 Å². The highest BCUT2D eigenvalue weighted by molar-refractivity contribution is 5.77. The predicted octanol–water partition coefficient (Wildman–Crippen LogP) is 0.791. The molecule has 1 rings (SSSR count). The molecule has 2 N–H and O–H groups in total. The van der Waals surface area contributed by atoms with Crippen LogP contribution < -0.4 is 10.1 Å². The van der Waals surface area contributed by atoms with Crippen molar-refractivity contribution in [2.24, 2.45) is 0 Å². The summed E-state index contributed by atoms with van der Waals surface area (Å²) in [6.45, 7) is 4.08. The zero-order valence-electron chi connectivity index (χ0n) is 9.62. The lowest BCUT2D eigenvalue weighted by Crippen LogP contribution is -2.31. The second-order valence-electron chi connectivity index (χ2n) is 3.63. The fourth-order valence-corrected chi connectivity index (χ4v) is 1.25. The Morgan fingerprint density at radius 3 is 2.88 bits per heavy atom. The zero-order valence-corrected chi connectivity index (χ0v) is 9.62. The van der Waals surface area contributed by atoms with Crippen LogP contribution in [0.15, 0.2) is 18.2 Å². The molecule has 0 radical (unpaired) electrons. The van der Waals surface area contributed by atoms with Crippen LogP contribution >= 0.6 is 0 Å². The van der Waals surface area contributed by atoms with E-state index in [1.165, 1.54) is 0 Å². The highest BCUT2D eigenvalue weighted by Gasteiger charge is 2.04. The van der Waals surface area contributed by atoms with Crippen molar-refractivity contribution in [3.8, 4) is 5.75 Å². The number of rotatable bonds is 5. The number of carbonyl (C=O) groups is 1. The van der Waals surface area contributed by atoms with Gasteiger partial charge in [-0.05, 0) is 31.0 Å². The largest absolute Gasteiger partial charge is 0.483 e. The highest BCUT2D eigenvalue weighted by atomic mass is 16.5. The van der Waals surface area contributed by atoms with Crippen LogP contribution in [0, 0.1) is 13.8 Å². The van der Waals surface area contributed by atoms with E-state index in [-0.39, 0.29) is 25.7 Å². The number of amides is 1. The third-order valence-electron chi connectivity index (χ3n) is 2.14. The number of ether oxygens (including phenoxy) is 1. The fourth-order valence-electron chi connectivity index (χ4n) is 1.25. The molecule has 4 nitrogen and oxygen atoms in total. The molecule has 0 aliphatic carbocycles. The van der Waals surface area contributed by atoms with E-state index in [0.717, 1.165) is 16.9 Å². The molecular weight excluding hydrogens is 206 g/mol. The van der Waals surface area contributed by atoms with Crippen molar-refractivity contribution in [3.05, 3.63) is 29.3 Å². The van der Waals surface area contributed by atoms with Crippen LogP contribution in [0.5, 0.6) is 5.75 Å². The van der Waals surface area contributed by atoms with E-state index in [1.807, 2.05) is 32.0 Å². The first kappa shape index (κ1) is 12.5. The summed E-state index contributed by atoms with van der Waals surface area (Å²) in [5.74, 6) is 0.495. The molecule has 0 aliphatic rings. The Morgan fingerprint density at radius 2 is 2.19 bits per heavy atom. The van der Waals surface area contributed by atoms with E-state index >= 15 is 0 Å². The summed E-state index contributed by atoms with van der Waals surface area (Å²) < 4.78 is 5.38. The molecule has 1 amide bonds. The average Bonchev–Trinajstić information content (AvgIpc) is 2.27. The van der Waals surface area contributed by atoms with Crippen LogP contribution in [0.3, 0.4) is 0 Å². The first-order valence-electron chi connectivity index (χ1n) is 5.21. The molecule has 88 valence electrons. The molecule has 0 saturated heterocycles. The molecule has 0 unspecified atom stereocenters. The minimum atomic E-state index is -0.227. The van der Waals surface area contributed by atoms with Gasteiger partial charge in [0.1, 0.15) is 5.75 Å². The highest BCUT2D eigenvalue weighted by Crippen LogP contribution is 2.18. The van der Waals surface area contributed by atoms with Crippen LogP contribution in [0.25, 0.3) is 0 Å². The van der Waals surface area contributed by atoms with Gasteiger partial charge in [0, 0.05) is 6.54 Å². The second-order valence-corrected chi connectivity index (χ2v) is 3.63. The normalized spacial score (nSPS) is 9.94. The van der Waals surface area contributed by atoms with Gasteiger partial charge in [0.2, 0.25) is 0 Å². The lowest BCUT2D eigenvalue weighted by Gasteiger charge is -2.09. The maximum absolute atomic E-state index is 11.2. The van der Waals surface area contributed by atoms with Crippen LogP contribution in [-0.4, -0.2) is 30.8 Å². The molecule has 0 bridgehead atoms. The van der Waals surface area contributed by atoms with Crippen LogP contribution in [0.4, 0.5) is 0 Å². The third-order valence-corrected chi connectivity index (χ3v) is 2.14. The van der Waals surface area contributed by atoms with Crippen molar-refractivity contribution in [1.29, 1.82) is 0 Å². The molecule has 0 atom stereocenters. The Morgan fingerprint density at radius 1 is 1.44 bits per heavy atom. The van der Waals surface area contributed by atoms with E-state index < -0.39 is 0 Å². The first-order valence-corrected chi connectivity index (χ1v) is 5.21. The summed E-state index contributed by atoms with van der Waals surface area (Å²) in [5, 5.41) is 11.0. The van der Waals surface area contributed by atoms with Crippen LogP contribution in [0.2, 0.25) is 0 Å². The maximum atomic E-state index is 11.2. The molecule has 0 heterocycles.